The minimum Gasteiger partial charge on any atom is -0.368 e. The molecule has 4 heteroatoms. The van der Waals surface area contributed by atoms with E-state index in [0.717, 1.165) is 30.1 Å². The van der Waals surface area contributed by atoms with Gasteiger partial charge in [-0.25, -0.2) is 4.39 Å². The molecular formula is C17H18FN3. The lowest BCUT2D eigenvalue weighted by atomic mass is 10.1. The van der Waals surface area contributed by atoms with Crippen LogP contribution in [0.25, 0.3) is 0 Å². The fourth-order valence-corrected chi connectivity index (χ4v) is 2.50. The smallest absolute Gasteiger partial charge is 0.147 e. The molecule has 0 amide bonds. The van der Waals surface area contributed by atoms with E-state index in [2.05, 4.69) is 10.3 Å². The Kier molecular flexibility index (Phi) is 3.86. The largest absolute Gasteiger partial charge is 0.368 e. The molecule has 0 bridgehead atoms. The second kappa shape index (κ2) is 5.95. The number of nitrogens with one attached hydrogen (secondary N) is 1. The third kappa shape index (κ3) is 3.05. The lowest BCUT2D eigenvalue weighted by Gasteiger charge is -2.20. The van der Waals surface area contributed by atoms with Gasteiger partial charge in [0.15, 0.2) is 0 Å². The van der Waals surface area contributed by atoms with E-state index in [0.29, 0.717) is 12.2 Å². The average molecular weight is 283 g/mol. The number of hydrogen-bond donors (Lipinski definition) is 1. The molecule has 0 saturated heterocycles. The van der Waals surface area contributed by atoms with Gasteiger partial charge < -0.3 is 10.2 Å². The summed E-state index contributed by atoms with van der Waals surface area (Å²) in [5.41, 5.74) is 2.56. The third-order valence-electron chi connectivity index (χ3n) is 3.57. The van der Waals surface area contributed by atoms with Crippen molar-refractivity contribution < 1.29 is 4.39 Å². The lowest BCUT2D eigenvalue weighted by molar-refractivity contribution is 0.622. The molecule has 0 unspecified atom stereocenters. The molecule has 0 fully saturated rings. The Morgan fingerprint density at radius 3 is 2.67 bits per heavy atom. The van der Waals surface area contributed by atoms with Gasteiger partial charge in [0.05, 0.1) is 12.2 Å². The second-order valence-corrected chi connectivity index (χ2v) is 5.16. The quantitative estimate of drug-likeness (QED) is 0.934. The van der Waals surface area contributed by atoms with Crippen LogP contribution >= 0.6 is 0 Å². The number of anilines is 1. The monoisotopic (exact) mass is 283 g/mol. The molecule has 1 aliphatic heterocycles. The summed E-state index contributed by atoms with van der Waals surface area (Å²) in [5, 5.41) is 3.16. The van der Waals surface area contributed by atoms with Gasteiger partial charge in [-0.15, -0.1) is 0 Å². The highest BCUT2D eigenvalue weighted by Gasteiger charge is 2.13. The van der Waals surface area contributed by atoms with Gasteiger partial charge in [-0.3, -0.25) is 4.99 Å². The van der Waals surface area contributed by atoms with Gasteiger partial charge in [-0.2, -0.15) is 0 Å². The number of rotatable bonds is 4. The van der Waals surface area contributed by atoms with Crippen molar-refractivity contribution in [3.63, 3.8) is 0 Å². The Morgan fingerprint density at radius 2 is 2.00 bits per heavy atom. The Morgan fingerprint density at radius 1 is 1.19 bits per heavy atom. The van der Waals surface area contributed by atoms with E-state index >= 15 is 0 Å². The maximum absolute atomic E-state index is 14.3. The molecule has 3 rings (SSSR count). The van der Waals surface area contributed by atoms with Crippen LogP contribution in [0.2, 0.25) is 0 Å². The van der Waals surface area contributed by atoms with Crippen LogP contribution in [-0.4, -0.2) is 26.0 Å². The highest BCUT2D eigenvalue weighted by Crippen LogP contribution is 2.21. The summed E-state index contributed by atoms with van der Waals surface area (Å²) in [7, 11) is 1.90. The van der Waals surface area contributed by atoms with E-state index in [1.807, 2.05) is 54.4 Å². The van der Waals surface area contributed by atoms with E-state index in [9.17, 15) is 4.39 Å². The van der Waals surface area contributed by atoms with Gasteiger partial charge in [-0.1, -0.05) is 30.3 Å². The van der Waals surface area contributed by atoms with Gasteiger partial charge in [0.1, 0.15) is 11.7 Å². The van der Waals surface area contributed by atoms with E-state index in [4.69, 9.17) is 0 Å². The molecule has 21 heavy (non-hydrogen) atoms. The first-order valence-electron chi connectivity index (χ1n) is 7.07. The molecule has 2 aromatic rings. The summed E-state index contributed by atoms with van der Waals surface area (Å²) in [6, 6.07) is 15.3. The van der Waals surface area contributed by atoms with Gasteiger partial charge in [0, 0.05) is 25.7 Å². The topological polar surface area (TPSA) is 27.6 Å². The number of nitrogens with zero attached hydrogens (tertiary/aromatic N) is 2. The standard InChI is InChI=1S/C17H18FN3/c1-21(12-13-5-3-2-4-6-13)16-8-7-14(11-15(16)18)17-19-9-10-20-17/h2-8,11H,9-10,12H2,1H3,(H,19,20). The fourth-order valence-electron chi connectivity index (χ4n) is 2.50. The molecule has 1 aliphatic rings. The number of aliphatic imine (C=N–C) groups is 1. The van der Waals surface area contributed by atoms with E-state index < -0.39 is 0 Å². The Hall–Kier alpha value is -2.36. The Labute approximate surface area is 124 Å². The molecule has 0 aromatic heterocycles. The number of benzene rings is 2. The lowest BCUT2D eigenvalue weighted by Crippen LogP contribution is -2.21. The van der Waals surface area contributed by atoms with Crippen LogP contribution in [0.5, 0.6) is 0 Å². The summed E-state index contributed by atoms with van der Waals surface area (Å²) < 4.78 is 14.3. The SMILES string of the molecule is CN(Cc1ccccc1)c1ccc(C2=NCCN2)cc1F. The number of amidine groups is 1. The van der Waals surface area contributed by atoms with Gasteiger partial charge >= 0.3 is 0 Å². The zero-order valence-electron chi connectivity index (χ0n) is 12.0. The second-order valence-electron chi connectivity index (χ2n) is 5.16. The molecule has 0 spiro atoms. The summed E-state index contributed by atoms with van der Waals surface area (Å²) in [5.74, 6) is 0.563. The molecule has 0 saturated carbocycles. The van der Waals surface area contributed by atoms with Crippen molar-refractivity contribution in [2.24, 2.45) is 4.99 Å². The molecule has 0 radical (unpaired) electrons. The molecular weight excluding hydrogens is 265 g/mol. The number of halogens is 1. The highest BCUT2D eigenvalue weighted by molar-refractivity contribution is 6.00. The fraction of sp³-hybridized carbons (Fsp3) is 0.235. The van der Waals surface area contributed by atoms with Crippen molar-refractivity contribution in [1.82, 2.24) is 5.32 Å². The zero-order chi connectivity index (χ0) is 14.7. The van der Waals surface area contributed by atoms with Gasteiger partial charge in [-0.05, 0) is 23.8 Å². The van der Waals surface area contributed by atoms with E-state index in [-0.39, 0.29) is 5.82 Å². The molecule has 2 aromatic carbocycles. The molecule has 1 heterocycles. The molecule has 3 nitrogen and oxygen atoms in total. The molecule has 0 atom stereocenters. The predicted octanol–water partition coefficient (Wildman–Crippen LogP) is 2.81. The first-order valence-corrected chi connectivity index (χ1v) is 7.07. The van der Waals surface area contributed by atoms with E-state index in [1.165, 1.54) is 0 Å². The van der Waals surface area contributed by atoms with Gasteiger partial charge in [0.25, 0.3) is 0 Å². The van der Waals surface area contributed by atoms with Crippen LogP contribution in [0, 0.1) is 5.82 Å². The van der Waals surface area contributed by atoms with Crippen LogP contribution < -0.4 is 10.2 Å². The van der Waals surface area contributed by atoms with Crippen LogP contribution in [0.15, 0.2) is 53.5 Å². The summed E-state index contributed by atoms with van der Waals surface area (Å²) >= 11 is 0. The zero-order valence-corrected chi connectivity index (χ0v) is 12.0. The van der Waals surface area contributed by atoms with Crippen molar-refractivity contribution in [3.05, 3.63) is 65.5 Å². The van der Waals surface area contributed by atoms with E-state index in [1.54, 1.807) is 6.07 Å². The highest BCUT2D eigenvalue weighted by atomic mass is 19.1. The van der Waals surface area contributed by atoms with Crippen LogP contribution in [0.1, 0.15) is 11.1 Å². The van der Waals surface area contributed by atoms with Crippen LogP contribution in [0.3, 0.4) is 0 Å². The first-order chi connectivity index (χ1) is 10.2. The minimum absolute atomic E-state index is 0.220. The summed E-state index contributed by atoms with van der Waals surface area (Å²) in [6.07, 6.45) is 0. The third-order valence-corrected chi connectivity index (χ3v) is 3.57. The maximum atomic E-state index is 14.3. The Bertz CT molecular complexity index is 652. The average Bonchev–Trinajstić information content (AvgIpc) is 3.02. The van der Waals surface area contributed by atoms with Crippen molar-refractivity contribution in [1.29, 1.82) is 0 Å². The van der Waals surface area contributed by atoms with Crippen molar-refractivity contribution >= 4 is 11.5 Å². The predicted molar refractivity (Wildman–Crippen MR) is 84.4 cm³/mol. The molecule has 108 valence electrons. The minimum atomic E-state index is -0.220. The van der Waals surface area contributed by atoms with Gasteiger partial charge in [0.2, 0.25) is 0 Å². The molecule has 0 aliphatic carbocycles. The normalized spacial score (nSPS) is 13.7. The Balaban J connectivity index is 1.79. The summed E-state index contributed by atoms with van der Waals surface area (Å²) in [4.78, 5) is 6.23. The maximum Gasteiger partial charge on any atom is 0.147 e. The summed E-state index contributed by atoms with van der Waals surface area (Å²) in [6.45, 7) is 2.26. The molecule has 1 N–H and O–H groups in total. The van der Waals surface area contributed by atoms with Crippen molar-refractivity contribution in [3.8, 4) is 0 Å². The first kappa shape index (κ1) is 13.6. The number of hydrogen-bond acceptors (Lipinski definition) is 3. The van der Waals surface area contributed by atoms with Crippen molar-refractivity contribution in [2.45, 2.75) is 6.54 Å². The van der Waals surface area contributed by atoms with Crippen LogP contribution in [0.4, 0.5) is 10.1 Å². The van der Waals surface area contributed by atoms with Crippen LogP contribution in [-0.2, 0) is 6.54 Å². The van der Waals surface area contributed by atoms with Crippen molar-refractivity contribution in [2.75, 3.05) is 25.0 Å².